The number of hydrogen-bond acceptors (Lipinski definition) is 4. The maximum Gasteiger partial charge on any atom is 0.416 e. The molecule has 172 valence electrons. The van der Waals surface area contributed by atoms with Gasteiger partial charge in [-0.2, -0.15) is 13.2 Å². The Bertz CT molecular complexity index is 1170. The van der Waals surface area contributed by atoms with E-state index in [1.54, 1.807) is 24.3 Å². The smallest absolute Gasteiger partial charge is 0.416 e. The van der Waals surface area contributed by atoms with Crippen molar-refractivity contribution in [2.24, 2.45) is 5.73 Å². The Hall–Kier alpha value is -4.08. The maximum absolute atomic E-state index is 13.1. The number of H-pyrrole nitrogens is 1. The van der Waals surface area contributed by atoms with Crippen LogP contribution in [0, 0.1) is 0 Å². The molecule has 1 atom stereocenters. The number of carbonyl (C=O) groups excluding carboxylic acids is 3. The molecular formula is C23H20F3N3O4. The first-order chi connectivity index (χ1) is 15.5. The number of alkyl halides is 3. The third kappa shape index (κ3) is 5.40. The number of primary amides is 1. The average molecular weight is 459 g/mol. The Balaban J connectivity index is 1.76. The van der Waals surface area contributed by atoms with Gasteiger partial charge in [0.2, 0.25) is 5.91 Å². The van der Waals surface area contributed by atoms with Crippen LogP contribution in [0.2, 0.25) is 0 Å². The number of aromatic amines is 1. The molecule has 0 aliphatic rings. The molecule has 0 aliphatic carbocycles. The third-order valence-electron chi connectivity index (χ3n) is 4.99. The molecule has 10 heteroatoms. The number of hydrogen-bond donors (Lipinski definition) is 3. The first kappa shape index (κ1) is 23.6. The van der Waals surface area contributed by atoms with Crippen LogP contribution in [0.15, 0.2) is 66.7 Å². The van der Waals surface area contributed by atoms with Crippen LogP contribution in [0.3, 0.4) is 0 Å². The summed E-state index contributed by atoms with van der Waals surface area (Å²) in [6.07, 6.45) is -4.65. The van der Waals surface area contributed by atoms with Gasteiger partial charge in [0.1, 0.15) is 23.5 Å². The minimum absolute atomic E-state index is 0.0177. The fraction of sp³-hybridized carbons (Fsp3) is 0.174. The van der Waals surface area contributed by atoms with Gasteiger partial charge in [-0.1, -0.05) is 42.5 Å². The molecule has 1 heterocycles. The molecule has 1 aromatic heterocycles. The number of amides is 2. The molecule has 3 aromatic rings. The van der Waals surface area contributed by atoms with E-state index in [1.807, 2.05) is 6.07 Å². The molecule has 7 nitrogen and oxygen atoms in total. The second-order valence-electron chi connectivity index (χ2n) is 7.37. The average Bonchev–Trinajstić information content (AvgIpc) is 3.28. The lowest BCUT2D eigenvalue weighted by Gasteiger charge is -2.28. The van der Waals surface area contributed by atoms with E-state index < -0.39 is 35.1 Å². The van der Waals surface area contributed by atoms with Crippen molar-refractivity contribution in [1.82, 2.24) is 10.3 Å². The van der Waals surface area contributed by atoms with Crippen LogP contribution in [0.4, 0.5) is 13.2 Å². The van der Waals surface area contributed by atoms with Gasteiger partial charge in [-0.05, 0) is 42.3 Å². The number of nitrogens with one attached hydrogen (secondary N) is 2. The summed E-state index contributed by atoms with van der Waals surface area (Å²) in [5, 5.41) is 2.35. The molecular weight excluding hydrogens is 439 g/mol. The van der Waals surface area contributed by atoms with Gasteiger partial charge in [0.05, 0.1) is 5.56 Å². The molecule has 1 unspecified atom stereocenters. The number of aromatic nitrogens is 1. The number of carbonyl (C=O) groups is 3. The van der Waals surface area contributed by atoms with Crippen molar-refractivity contribution in [2.45, 2.75) is 25.2 Å². The zero-order valence-electron chi connectivity index (χ0n) is 17.4. The van der Waals surface area contributed by atoms with Gasteiger partial charge in [0.25, 0.3) is 5.91 Å². The van der Waals surface area contributed by atoms with Crippen LogP contribution >= 0.6 is 0 Å². The van der Waals surface area contributed by atoms with Crippen molar-refractivity contribution in [3.05, 3.63) is 94.8 Å². The van der Waals surface area contributed by atoms with Crippen LogP contribution in [0.25, 0.3) is 0 Å². The Labute approximate surface area is 186 Å². The predicted octanol–water partition coefficient (Wildman–Crippen LogP) is 3.52. The minimum Gasteiger partial charge on any atom is -0.456 e. The largest absolute Gasteiger partial charge is 0.456 e. The Kier molecular flexibility index (Phi) is 6.57. The predicted molar refractivity (Wildman–Crippen MR) is 112 cm³/mol. The van der Waals surface area contributed by atoms with Crippen LogP contribution < -0.4 is 11.1 Å². The quantitative estimate of drug-likeness (QED) is 0.469. The first-order valence-electron chi connectivity index (χ1n) is 9.71. The summed E-state index contributed by atoms with van der Waals surface area (Å²) in [4.78, 5) is 39.6. The number of benzene rings is 2. The van der Waals surface area contributed by atoms with Crippen LogP contribution in [-0.2, 0) is 27.9 Å². The summed E-state index contributed by atoms with van der Waals surface area (Å²) in [5.41, 5.74) is 2.97. The van der Waals surface area contributed by atoms with E-state index in [2.05, 4.69) is 10.3 Å². The molecule has 0 radical (unpaired) electrons. The monoisotopic (exact) mass is 459 g/mol. The van der Waals surface area contributed by atoms with Gasteiger partial charge < -0.3 is 20.8 Å². The highest BCUT2D eigenvalue weighted by Gasteiger charge is 2.38. The number of ether oxygens (including phenoxy) is 1. The number of rotatable bonds is 7. The molecule has 4 N–H and O–H groups in total. The number of nitrogens with two attached hydrogens (primary N) is 1. The lowest BCUT2D eigenvalue weighted by molar-refractivity contribution is -0.137. The molecule has 2 aromatic carbocycles. The van der Waals surface area contributed by atoms with Gasteiger partial charge >= 0.3 is 12.1 Å². The molecule has 0 spiro atoms. The van der Waals surface area contributed by atoms with Crippen molar-refractivity contribution < 1.29 is 32.3 Å². The second-order valence-corrected chi connectivity index (χ2v) is 7.37. The summed E-state index contributed by atoms with van der Waals surface area (Å²) < 4.78 is 44.4. The Morgan fingerprint density at radius 1 is 0.939 bits per heavy atom. The van der Waals surface area contributed by atoms with Gasteiger partial charge in [0, 0.05) is 0 Å². The van der Waals surface area contributed by atoms with E-state index in [-0.39, 0.29) is 23.6 Å². The van der Waals surface area contributed by atoms with E-state index >= 15 is 0 Å². The Morgan fingerprint density at radius 3 is 2.21 bits per heavy atom. The van der Waals surface area contributed by atoms with Crippen molar-refractivity contribution in [1.29, 1.82) is 0 Å². The summed E-state index contributed by atoms with van der Waals surface area (Å²) in [6.45, 7) is 1.22. The summed E-state index contributed by atoms with van der Waals surface area (Å²) >= 11 is 0. The van der Waals surface area contributed by atoms with Crippen molar-refractivity contribution in [3.63, 3.8) is 0 Å². The number of esters is 1. The SMILES string of the molecule is CC(NC(=O)c1ccc(C(=O)OCc2ccccc2)[nH]1)(C(N)=O)c1cccc(C(F)(F)F)c1. The second kappa shape index (κ2) is 9.19. The van der Waals surface area contributed by atoms with E-state index in [1.165, 1.54) is 25.1 Å². The van der Waals surface area contributed by atoms with Crippen LogP contribution in [-0.4, -0.2) is 22.8 Å². The first-order valence-corrected chi connectivity index (χ1v) is 9.71. The van der Waals surface area contributed by atoms with Crippen molar-refractivity contribution in [2.75, 3.05) is 0 Å². The zero-order chi connectivity index (χ0) is 24.2. The highest BCUT2D eigenvalue weighted by Crippen LogP contribution is 2.32. The van der Waals surface area contributed by atoms with Gasteiger partial charge in [-0.25, -0.2) is 4.79 Å². The fourth-order valence-corrected chi connectivity index (χ4v) is 3.02. The molecule has 3 rings (SSSR count). The molecule has 0 bridgehead atoms. The highest BCUT2D eigenvalue weighted by atomic mass is 19.4. The highest BCUT2D eigenvalue weighted by molar-refractivity contribution is 5.99. The van der Waals surface area contributed by atoms with Gasteiger partial charge in [0.15, 0.2) is 0 Å². The normalized spacial score (nSPS) is 13.1. The van der Waals surface area contributed by atoms with E-state index in [4.69, 9.17) is 10.5 Å². The lowest BCUT2D eigenvalue weighted by atomic mass is 9.89. The molecule has 0 saturated carbocycles. The summed E-state index contributed by atoms with van der Waals surface area (Å²) in [5.74, 6) is -2.63. The standard InChI is InChI=1S/C23H20F3N3O4/c1-22(21(27)32,15-8-5-9-16(12-15)23(24,25)26)29-19(30)17-10-11-18(28-17)20(31)33-13-14-6-3-2-4-7-14/h2-12,28H,13H2,1H3,(H2,27,32)(H,29,30). The molecule has 2 amide bonds. The van der Waals surface area contributed by atoms with Crippen molar-refractivity contribution >= 4 is 17.8 Å². The molecule has 0 saturated heterocycles. The third-order valence-corrected chi connectivity index (χ3v) is 4.99. The molecule has 0 aliphatic heterocycles. The fourth-order valence-electron chi connectivity index (χ4n) is 3.02. The van der Waals surface area contributed by atoms with Crippen molar-refractivity contribution in [3.8, 4) is 0 Å². The molecule has 33 heavy (non-hydrogen) atoms. The minimum atomic E-state index is -4.65. The van der Waals surface area contributed by atoms with E-state index in [0.717, 1.165) is 23.8 Å². The summed E-state index contributed by atoms with van der Waals surface area (Å²) in [6, 6.07) is 15.5. The lowest BCUT2D eigenvalue weighted by Crippen LogP contribution is -2.52. The topological polar surface area (TPSA) is 114 Å². The van der Waals surface area contributed by atoms with Gasteiger partial charge in [-0.15, -0.1) is 0 Å². The van der Waals surface area contributed by atoms with Crippen LogP contribution in [0.5, 0.6) is 0 Å². The molecule has 0 fully saturated rings. The Morgan fingerprint density at radius 2 is 1.58 bits per heavy atom. The number of halogens is 3. The van der Waals surface area contributed by atoms with Crippen LogP contribution in [0.1, 0.15) is 44.6 Å². The van der Waals surface area contributed by atoms with E-state index in [9.17, 15) is 27.6 Å². The van der Waals surface area contributed by atoms with E-state index in [0.29, 0.717) is 0 Å². The zero-order valence-corrected chi connectivity index (χ0v) is 17.4. The summed E-state index contributed by atoms with van der Waals surface area (Å²) in [7, 11) is 0. The van der Waals surface area contributed by atoms with Gasteiger partial charge in [-0.3, -0.25) is 9.59 Å². The maximum atomic E-state index is 13.1.